The molecule has 0 saturated carbocycles. The molecular formula is C15H12BrN5O2. The molecule has 0 amide bonds. The Morgan fingerprint density at radius 3 is 2.57 bits per heavy atom. The van der Waals surface area contributed by atoms with Crippen molar-refractivity contribution in [3.63, 3.8) is 0 Å². The average molecular weight is 374 g/mol. The van der Waals surface area contributed by atoms with E-state index in [1.54, 1.807) is 11.4 Å². The summed E-state index contributed by atoms with van der Waals surface area (Å²) in [4.78, 5) is 30.8. The number of halogens is 1. The number of hydrogen-bond acceptors (Lipinski definition) is 3. The van der Waals surface area contributed by atoms with Gasteiger partial charge < -0.3 is 0 Å². The van der Waals surface area contributed by atoms with Crippen LogP contribution in [-0.4, -0.2) is 23.5 Å². The molecule has 3 heterocycles. The fourth-order valence-electron chi connectivity index (χ4n) is 2.78. The number of rotatable bonds is 1. The van der Waals surface area contributed by atoms with Crippen molar-refractivity contribution in [1.82, 2.24) is 23.5 Å². The van der Waals surface area contributed by atoms with Crippen LogP contribution in [0.25, 0.3) is 22.6 Å². The van der Waals surface area contributed by atoms with Crippen molar-refractivity contribution in [2.45, 2.75) is 6.92 Å². The molecule has 23 heavy (non-hydrogen) atoms. The van der Waals surface area contributed by atoms with Gasteiger partial charge in [0.1, 0.15) is 0 Å². The third-order valence-corrected chi connectivity index (χ3v) is 4.41. The van der Waals surface area contributed by atoms with Gasteiger partial charge in [-0.25, -0.2) is 4.79 Å². The van der Waals surface area contributed by atoms with Crippen LogP contribution in [0, 0.1) is 6.92 Å². The van der Waals surface area contributed by atoms with E-state index in [0.717, 1.165) is 15.9 Å². The second kappa shape index (κ2) is 4.69. The largest absolute Gasteiger partial charge is 0.329 e. The molecule has 0 unspecified atom stereocenters. The Labute approximate surface area is 137 Å². The van der Waals surface area contributed by atoms with Gasteiger partial charge in [-0.05, 0) is 31.2 Å². The molecule has 7 nitrogen and oxygen atoms in total. The number of fused-ring (bicyclic) bond motifs is 3. The molecule has 0 radical (unpaired) electrons. The highest BCUT2D eigenvalue weighted by molar-refractivity contribution is 9.10. The summed E-state index contributed by atoms with van der Waals surface area (Å²) in [7, 11) is 1.59. The minimum absolute atomic E-state index is 0.361. The first-order chi connectivity index (χ1) is 11.0. The Kier molecular flexibility index (Phi) is 2.86. The maximum atomic E-state index is 12.2. The normalized spacial score (nSPS) is 11.6. The summed E-state index contributed by atoms with van der Waals surface area (Å²) in [5, 5.41) is 0. The number of hydrogen-bond donors (Lipinski definition) is 1. The number of nitrogens with zero attached hydrogens (tertiary/aromatic N) is 4. The third kappa shape index (κ3) is 1.91. The van der Waals surface area contributed by atoms with Crippen molar-refractivity contribution in [2.24, 2.45) is 7.05 Å². The lowest BCUT2D eigenvalue weighted by molar-refractivity contribution is 0.831. The zero-order valence-corrected chi connectivity index (χ0v) is 14.0. The molecule has 0 fully saturated rings. The van der Waals surface area contributed by atoms with E-state index in [4.69, 9.17) is 0 Å². The van der Waals surface area contributed by atoms with Gasteiger partial charge in [0.25, 0.3) is 5.56 Å². The molecule has 4 rings (SSSR count). The van der Waals surface area contributed by atoms with Gasteiger partial charge in [0.15, 0.2) is 11.2 Å². The van der Waals surface area contributed by atoms with E-state index in [0.29, 0.717) is 16.9 Å². The van der Waals surface area contributed by atoms with Crippen LogP contribution in [0.4, 0.5) is 0 Å². The first kappa shape index (κ1) is 14.0. The maximum Gasteiger partial charge on any atom is 0.329 e. The fourth-order valence-corrected chi connectivity index (χ4v) is 3.05. The minimum Gasteiger partial charge on any atom is -0.283 e. The van der Waals surface area contributed by atoms with Crippen LogP contribution < -0.4 is 11.2 Å². The Balaban J connectivity index is 2.17. The van der Waals surface area contributed by atoms with Crippen molar-refractivity contribution >= 4 is 32.9 Å². The first-order valence-corrected chi connectivity index (χ1v) is 7.72. The highest BCUT2D eigenvalue weighted by atomic mass is 79.9. The summed E-state index contributed by atoms with van der Waals surface area (Å²) in [6, 6.07) is 7.80. The van der Waals surface area contributed by atoms with Crippen LogP contribution in [0.15, 0.2) is 44.5 Å². The summed E-state index contributed by atoms with van der Waals surface area (Å²) in [5.41, 5.74) is 1.67. The first-order valence-electron chi connectivity index (χ1n) is 6.93. The van der Waals surface area contributed by atoms with Crippen molar-refractivity contribution < 1.29 is 0 Å². The predicted molar refractivity (Wildman–Crippen MR) is 90.3 cm³/mol. The van der Waals surface area contributed by atoms with Crippen LogP contribution in [0.3, 0.4) is 0 Å². The topological polar surface area (TPSA) is 77.1 Å². The van der Waals surface area contributed by atoms with Crippen molar-refractivity contribution in [2.75, 3.05) is 0 Å². The van der Waals surface area contributed by atoms with Gasteiger partial charge in [-0.2, -0.15) is 4.98 Å². The number of nitrogens with one attached hydrogen (secondary N) is 1. The molecule has 0 atom stereocenters. The van der Waals surface area contributed by atoms with E-state index < -0.39 is 11.2 Å². The summed E-state index contributed by atoms with van der Waals surface area (Å²) < 4.78 is 5.97. The molecule has 0 saturated heterocycles. The lowest BCUT2D eigenvalue weighted by Gasteiger charge is -2.05. The van der Waals surface area contributed by atoms with Crippen molar-refractivity contribution in [1.29, 1.82) is 0 Å². The van der Waals surface area contributed by atoms with Gasteiger partial charge in [-0.3, -0.25) is 23.3 Å². The molecule has 0 aliphatic carbocycles. The Hall–Kier alpha value is -2.61. The maximum absolute atomic E-state index is 12.2. The molecule has 8 heteroatoms. The molecule has 0 bridgehead atoms. The molecule has 116 valence electrons. The smallest absolute Gasteiger partial charge is 0.283 e. The van der Waals surface area contributed by atoms with Crippen molar-refractivity contribution in [3.8, 4) is 5.69 Å². The van der Waals surface area contributed by atoms with Crippen LogP contribution in [-0.2, 0) is 7.05 Å². The number of H-pyrrole nitrogens is 1. The highest BCUT2D eigenvalue weighted by Gasteiger charge is 2.17. The monoisotopic (exact) mass is 373 g/mol. The van der Waals surface area contributed by atoms with Gasteiger partial charge in [0, 0.05) is 29.1 Å². The molecule has 0 aliphatic rings. The number of aromatic amines is 1. The second-order valence-corrected chi connectivity index (χ2v) is 6.27. The molecule has 4 aromatic rings. The van der Waals surface area contributed by atoms with Crippen LogP contribution >= 0.6 is 15.9 Å². The number of imidazole rings is 2. The van der Waals surface area contributed by atoms with Crippen molar-refractivity contribution in [3.05, 3.63) is 61.5 Å². The SMILES string of the molecule is Cc1cn2c3c(=O)[nH]c(=O)n(C)c3nc2n1-c1ccc(Br)cc1. The van der Waals surface area contributed by atoms with Crippen LogP contribution in [0.1, 0.15) is 5.69 Å². The summed E-state index contributed by atoms with van der Waals surface area (Å²) in [6.07, 6.45) is 1.84. The zero-order chi connectivity index (χ0) is 16.3. The summed E-state index contributed by atoms with van der Waals surface area (Å²) in [6.45, 7) is 1.94. The van der Waals surface area contributed by atoms with E-state index >= 15 is 0 Å². The standard InChI is InChI=1S/C15H12BrN5O2/c1-8-7-20-11-12(19(2)15(23)18-13(11)22)17-14(20)21(8)10-5-3-9(16)4-6-10/h3-7H,1-2H3,(H,18,22,23). The Morgan fingerprint density at radius 1 is 1.17 bits per heavy atom. The molecular weight excluding hydrogens is 362 g/mol. The van der Waals surface area contributed by atoms with E-state index in [-0.39, 0.29) is 0 Å². The summed E-state index contributed by atoms with van der Waals surface area (Å²) in [5.74, 6) is 0.589. The number of aryl methyl sites for hydroxylation is 2. The third-order valence-electron chi connectivity index (χ3n) is 3.89. The fraction of sp³-hybridized carbons (Fsp3) is 0.133. The van der Waals surface area contributed by atoms with Crippen LogP contribution in [0.2, 0.25) is 0 Å². The summed E-state index contributed by atoms with van der Waals surface area (Å²) >= 11 is 3.42. The van der Waals surface area contributed by atoms with Crippen LogP contribution in [0.5, 0.6) is 0 Å². The lowest BCUT2D eigenvalue weighted by atomic mass is 10.3. The second-order valence-electron chi connectivity index (χ2n) is 5.35. The Morgan fingerprint density at radius 2 is 1.87 bits per heavy atom. The Bertz CT molecular complexity index is 1180. The average Bonchev–Trinajstić information content (AvgIpc) is 3.01. The van der Waals surface area contributed by atoms with Gasteiger partial charge in [-0.15, -0.1) is 0 Å². The van der Waals surface area contributed by atoms with Gasteiger partial charge in [0.2, 0.25) is 5.78 Å². The minimum atomic E-state index is -0.477. The van der Waals surface area contributed by atoms with E-state index in [1.165, 1.54) is 4.57 Å². The van der Waals surface area contributed by atoms with Gasteiger partial charge >= 0.3 is 5.69 Å². The molecule has 1 aromatic carbocycles. The predicted octanol–water partition coefficient (Wildman–Crippen LogP) is 1.74. The van der Waals surface area contributed by atoms with E-state index in [9.17, 15) is 9.59 Å². The number of aromatic nitrogens is 5. The molecule has 0 spiro atoms. The molecule has 1 N–H and O–H groups in total. The van der Waals surface area contributed by atoms with Gasteiger partial charge in [0.05, 0.1) is 0 Å². The quantitative estimate of drug-likeness (QED) is 0.551. The van der Waals surface area contributed by atoms with E-state index in [2.05, 4.69) is 25.9 Å². The van der Waals surface area contributed by atoms with E-state index in [1.807, 2.05) is 42.0 Å². The molecule has 3 aromatic heterocycles. The van der Waals surface area contributed by atoms with Gasteiger partial charge in [-0.1, -0.05) is 15.9 Å². The zero-order valence-electron chi connectivity index (χ0n) is 12.4. The number of benzene rings is 1. The highest BCUT2D eigenvalue weighted by Crippen LogP contribution is 2.22. The lowest BCUT2D eigenvalue weighted by Crippen LogP contribution is -2.28. The molecule has 0 aliphatic heterocycles.